The summed E-state index contributed by atoms with van der Waals surface area (Å²) in [4.78, 5) is 24.0. The third kappa shape index (κ3) is 2.99. The lowest BCUT2D eigenvalue weighted by molar-refractivity contribution is 0.0762. The summed E-state index contributed by atoms with van der Waals surface area (Å²) in [5, 5.41) is 0.966. The van der Waals surface area contributed by atoms with Gasteiger partial charge < -0.3 is 14.4 Å². The van der Waals surface area contributed by atoms with Gasteiger partial charge in [0.1, 0.15) is 18.9 Å². The highest BCUT2D eigenvalue weighted by Gasteiger charge is 2.33. The van der Waals surface area contributed by atoms with E-state index in [0.717, 1.165) is 38.9 Å². The molecule has 0 spiro atoms. The molecule has 2 aromatic carbocycles. The topological polar surface area (TPSA) is 64.6 Å². The van der Waals surface area contributed by atoms with Gasteiger partial charge >= 0.3 is 0 Å². The van der Waals surface area contributed by atoms with Crippen molar-refractivity contribution < 1.29 is 14.3 Å². The number of pyridine rings is 2. The number of hydrogen-bond donors (Lipinski definition) is 0. The Labute approximate surface area is 179 Å². The van der Waals surface area contributed by atoms with Crippen LogP contribution in [-0.2, 0) is 13.1 Å². The first kappa shape index (κ1) is 17.9. The van der Waals surface area contributed by atoms with Gasteiger partial charge in [-0.1, -0.05) is 30.3 Å². The first-order valence-corrected chi connectivity index (χ1v) is 10.3. The minimum atomic E-state index is -0.0548. The largest absolute Gasteiger partial charge is 0.486 e. The van der Waals surface area contributed by atoms with E-state index in [1.165, 1.54) is 0 Å². The molecule has 6 rings (SSSR count). The quantitative estimate of drug-likeness (QED) is 0.507. The van der Waals surface area contributed by atoms with Gasteiger partial charge in [0.2, 0.25) is 0 Å². The fourth-order valence-electron chi connectivity index (χ4n) is 4.35. The van der Waals surface area contributed by atoms with Crippen LogP contribution in [0.5, 0.6) is 11.5 Å². The molecule has 1 amide bonds. The van der Waals surface area contributed by atoms with E-state index < -0.39 is 0 Å². The van der Waals surface area contributed by atoms with Crippen LogP contribution in [0.15, 0.2) is 67.0 Å². The maximum absolute atomic E-state index is 13.3. The van der Waals surface area contributed by atoms with Crippen LogP contribution in [0.2, 0.25) is 0 Å². The van der Waals surface area contributed by atoms with E-state index in [1.54, 1.807) is 12.4 Å². The summed E-state index contributed by atoms with van der Waals surface area (Å²) in [5.41, 5.74) is 5.33. The minimum absolute atomic E-state index is 0.0548. The molecular formula is C25H19N3O3. The van der Waals surface area contributed by atoms with Crippen molar-refractivity contribution in [2.75, 3.05) is 13.2 Å². The minimum Gasteiger partial charge on any atom is -0.486 e. The van der Waals surface area contributed by atoms with Crippen LogP contribution >= 0.6 is 0 Å². The summed E-state index contributed by atoms with van der Waals surface area (Å²) >= 11 is 0. The fourth-order valence-corrected chi connectivity index (χ4v) is 4.35. The maximum atomic E-state index is 13.3. The van der Waals surface area contributed by atoms with Crippen molar-refractivity contribution >= 4 is 16.8 Å². The van der Waals surface area contributed by atoms with Gasteiger partial charge in [-0.3, -0.25) is 9.78 Å². The maximum Gasteiger partial charge on any atom is 0.273 e. The predicted octanol–water partition coefficient (Wildman–Crippen LogP) is 4.22. The molecule has 0 radical (unpaired) electrons. The summed E-state index contributed by atoms with van der Waals surface area (Å²) in [6, 6.07) is 17.9. The molecule has 2 aliphatic rings. The van der Waals surface area contributed by atoms with E-state index in [2.05, 4.69) is 17.1 Å². The third-order valence-electron chi connectivity index (χ3n) is 5.77. The monoisotopic (exact) mass is 409 g/mol. The molecule has 2 aromatic heterocycles. The molecule has 0 atom stereocenters. The van der Waals surface area contributed by atoms with E-state index in [1.807, 2.05) is 47.4 Å². The molecule has 6 heteroatoms. The molecule has 152 valence electrons. The Morgan fingerprint density at radius 1 is 0.935 bits per heavy atom. The van der Waals surface area contributed by atoms with Crippen molar-refractivity contribution in [1.82, 2.24) is 14.9 Å². The van der Waals surface area contributed by atoms with E-state index in [4.69, 9.17) is 14.5 Å². The normalized spacial score (nSPS) is 14.7. The summed E-state index contributed by atoms with van der Waals surface area (Å²) in [6.45, 7) is 2.06. The summed E-state index contributed by atoms with van der Waals surface area (Å²) < 4.78 is 11.6. The Kier molecular flexibility index (Phi) is 4.09. The fraction of sp³-hybridized carbons (Fsp3) is 0.160. The molecule has 4 heterocycles. The van der Waals surface area contributed by atoms with E-state index in [-0.39, 0.29) is 5.91 Å². The zero-order chi connectivity index (χ0) is 20.8. The summed E-state index contributed by atoms with van der Waals surface area (Å²) in [7, 11) is 0. The van der Waals surface area contributed by atoms with E-state index in [0.29, 0.717) is 37.7 Å². The van der Waals surface area contributed by atoms with Gasteiger partial charge in [0.25, 0.3) is 5.91 Å². The molecule has 0 saturated carbocycles. The number of amides is 1. The van der Waals surface area contributed by atoms with Crippen molar-refractivity contribution in [2.45, 2.75) is 13.1 Å². The Hall–Kier alpha value is -3.93. The molecule has 0 N–H and O–H groups in total. The standard InChI is InChI=1S/C25H19N3O3/c29-25-24-19(15-28(25)14-16-6-8-26-9-7-16)23(17-4-2-1-3-5-17)18-12-21-22(13-20(18)27-24)31-11-10-30-21/h1-9,12-13H,10-11,14-15H2. The van der Waals surface area contributed by atoms with Crippen LogP contribution < -0.4 is 9.47 Å². The van der Waals surface area contributed by atoms with Gasteiger partial charge in [0.15, 0.2) is 11.5 Å². The van der Waals surface area contributed by atoms with Crippen LogP contribution in [0.25, 0.3) is 22.0 Å². The second-order valence-electron chi connectivity index (χ2n) is 7.71. The van der Waals surface area contributed by atoms with Crippen LogP contribution in [0.3, 0.4) is 0 Å². The first-order chi connectivity index (χ1) is 15.3. The van der Waals surface area contributed by atoms with Crippen LogP contribution in [0.1, 0.15) is 21.6 Å². The lowest BCUT2D eigenvalue weighted by Crippen LogP contribution is -2.23. The molecule has 0 unspecified atom stereocenters. The number of fused-ring (bicyclic) bond motifs is 3. The molecule has 31 heavy (non-hydrogen) atoms. The van der Waals surface area contributed by atoms with Crippen LogP contribution in [0, 0.1) is 0 Å². The highest BCUT2D eigenvalue weighted by Crippen LogP contribution is 2.42. The number of benzene rings is 2. The Morgan fingerprint density at radius 3 is 2.45 bits per heavy atom. The SMILES string of the molecule is O=C1c2nc3cc4c(cc3c(-c3ccccc3)c2CN1Cc1ccncc1)OCCO4. The summed E-state index contributed by atoms with van der Waals surface area (Å²) in [6.07, 6.45) is 3.49. The molecule has 6 nitrogen and oxygen atoms in total. The smallest absolute Gasteiger partial charge is 0.273 e. The number of rotatable bonds is 3. The second kappa shape index (κ2) is 7.09. The molecule has 2 aliphatic heterocycles. The summed E-state index contributed by atoms with van der Waals surface area (Å²) in [5.74, 6) is 1.33. The Bertz CT molecular complexity index is 1310. The van der Waals surface area contributed by atoms with E-state index in [9.17, 15) is 4.79 Å². The van der Waals surface area contributed by atoms with Crippen molar-refractivity contribution in [3.63, 3.8) is 0 Å². The lowest BCUT2D eigenvalue weighted by atomic mass is 9.94. The molecule has 4 aromatic rings. The van der Waals surface area contributed by atoms with Crippen LogP contribution in [0.4, 0.5) is 0 Å². The van der Waals surface area contributed by atoms with Crippen molar-refractivity contribution in [2.24, 2.45) is 0 Å². The van der Waals surface area contributed by atoms with Gasteiger partial charge in [-0.15, -0.1) is 0 Å². The number of aromatic nitrogens is 2. The third-order valence-corrected chi connectivity index (χ3v) is 5.77. The average molecular weight is 409 g/mol. The highest BCUT2D eigenvalue weighted by molar-refractivity contribution is 6.06. The molecule has 0 saturated heterocycles. The predicted molar refractivity (Wildman–Crippen MR) is 116 cm³/mol. The molecule has 0 fully saturated rings. The van der Waals surface area contributed by atoms with E-state index >= 15 is 0 Å². The Morgan fingerprint density at radius 2 is 1.68 bits per heavy atom. The van der Waals surface area contributed by atoms with Crippen molar-refractivity contribution in [3.8, 4) is 22.6 Å². The number of carbonyl (C=O) groups excluding carboxylic acids is 1. The number of nitrogens with zero attached hydrogens (tertiary/aromatic N) is 3. The number of hydrogen-bond acceptors (Lipinski definition) is 5. The zero-order valence-electron chi connectivity index (χ0n) is 16.7. The van der Waals surface area contributed by atoms with Gasteiger partial charge in [-0.25, -0.2) is 4.98 Å². The Balaban J connectivity index is 1.54. The zero-order valence-corrected chi connectivity index (χ0v) is 16.7. The lowest BCUT2D eigenvalue weighted by Gasteiger charge is -2.20. The first-order valence-electron chi connectivity index (χ1n) is 10.3. The number of carbonyl (C=O) groups is 1. The molecular weight excluding hydrogens is 390 g/mol. The van der Waals surface area contributed by atoms with Gasteiger partial charge in [-0.2, -0.15) is 0 Å². The van der Waals surface area contributed by atoms with Gasteiger partial charge in [0.05, 0.1) is 5.52 Å². The van der Waals surface area contributed by atoms with Gasteiger partial charge in [0, 0.05) is 42.5 Å². The van der Waals surface area contributed by atoms with Gasteiger partial charge in [-0.05, 0) is 34.9 Å². The number of ether oxygens (including phenoxy) is 2. The average Bonchev–Trinajstić information content (AvgIpc) is 3.12. The molecule has 0 aliphatic carbocycles. The van der Waals surface area contributed by atoms with Crippen molar-refractivity contribution in [1.29, 1.82) is 0 Å². The molecule has 0 bridgehead atoms. The van der Waals surface area contributed by atoms with Crippen molar-refractivity contribution in [3.05, 3.63) is 83.8 Å². The second-order valence-corrected chi connectivity index (χ2v) is 7.71. The van der Waals surface area contributed by atoms with Crippen LogP contribution in [-0.4, -0.2) is 34.0 Å². The highest BCUT2D eigenvalue weighted by atomic mass is 16.6.